The molecule has 1 aliphatic rings. The van der Waals surface area contributed by atoms with Gasteiger partial charge >= 0.3 is 0 Å². The van der Waals surface area contributed by atoms with Crippen molar-refractivity contribution in [2.75, 3.05) is 19.6 Å². The minimum atomic E-state index is -0.0643. The lowest BCUT2D eigenvalue weighted by atomic mass is 10.1. The summed E-state index contributed by atoms with van der Waals surface area (Å²) in [4.78, 5) is 13.5. The smallest absolute Gasteiger partial charge is 0.237 e. The first-order valence-electron chi connectivity index (χ1n) is 4.97. The highest BCUT2D eigenvalue weighted by Gasteiger charge is 2.17. The van der Waals surface area contributed by atoms with E-state index in [9.17, 15) is 4.79 Å². The number of carbonyl (C=O) groups is 1. The Morgan fingerprint density at radius 1 is 1.46 bits per heavy atom. The average molecular weight is 185 g/mol. The van der Waals surface area contributed by atoms with Gasteiger partial charge in [-0.15, -0.1) is 0 Å². The van der Waals surface area contributed by atoms with E-state index in [2.05, 4.69) is 10.3 Å². The van der Waals surface area contributed by atoms with Gasteiger partial charge < -0.3 is 4.90 Å². The van der Waals surface area contributed by atoms with Crippen molar-refractivity contribution in [3.05, 3.63) is 0 Å². The van der Waals surface area contributed by atoms with Crippen molar-refractivity contribution >= 4 is 5.91 Å². The Hall–Kier alpha value is -0.610. The van der Waals surface area contributed by atoms with Crippen LogP contribution in [0.3, 0.4) is 0 Å². The predicted octanol–water partition coefficient (Wildman–Crippen LogP) is 0.0983. The molecule has 1 fully saturated rings. The lowest BCUT2D eigenvalue weighted by molar-refractivity contribution is -0.125. The molecule has 0 aromatic rings. The average Bonchev–Trinajstić information content (AvgIpc) is 2.18. The molecule has 0 spiro atoms. The Morgan fingerprint density at radius 2 is 2.08 bits per heavy atom. The van der Waals surface area contributed by atoms with Gasteiger partial charge in [-0.05, 0) is 25.9 Å². The van der Waals surface area contributed by atoms with E-state index in [0.29, 0.717) is 0 Å². The fraction of sp³-hybridized carbons (Fsp3) is 0.889. The summed E-state index contributed by atoms with van der Waals surface area (Å²) < 4.78 is 0. The van der Waals surface area contributed by atoms with Crippen molar-refractivity contribution in [2.24, 2.45) is 11.8 Å². The summed E-state index contributed by atoms with van der Waals surface area (Å²) in [6, 6.07) is 0. The molecule has 1 amide bonds. The lowest BCUT2D eigenvalue weighted by Crippen LogP contribution is -2.41. The maximum absolute atomic E-state index is 11.1. The number of hydrogen-bond donors (Lipinski definition) is 2. The first-order valence-corrected chi connectivity index (χ1v) is 4.97. The second kappa shape index (κ2) is 5.19. The number of nitrogens with zero attached hydrogens (tertiary/aromatic N) is 1. The molecular weight excluding hydrogens is 166 g/mol. The van der Waals surface area contributed by atoms with Crippen LogP contribution in [0, 0.1) is 5.92 Å². The summed E-state index contributed by atoms with van der Waals surface area (Å²) >= 11 is 0. The number of nitrogens with two attached hydrogens (primary N) is 1. The molecule has 76 valence electrons. The molecule has 0 radical (unpaired) electrons. The molecule has 4 heteroatoms. The van der Waals surface area contributed by atoms with Gasteiger partial charge in [0.05, 0.1) is 0 Å². The Labute approximate surface area is 79.4 Å². The molecule has 4 nitrogen and oxygen atoms in total. The minimum Gasteiger partial charge on any atom is -0.303 e. The van der Waals surface area contributed by atoms with Crippen LogP contribution in [0.15, 0.2) is 0 Å². The zero-order chi connectivity index (χ0) is 9.68. The SMILES string of the molecule is C[C@@H](CN1CCCCC1)C(=O)NN. The second-order valence-electron chi connectivity index (χ2n) is 3.77. The van der Waals surface area contributed by atoms with E-state index in [1.165, 1.54) is 19.3 Å². The number of hydrazine groups is 1. The minimum absolute atomic E-state index is 0.00287. The van der Waals surface area contributed by atoms with Crippen molar-refractivity contribution in [3.8, 4) is 0 Å². The van der Waals surface area contributed by atoms with Crippen LogP contribution in [-0.4, -0.2) is 30.4 Å². The molecule has 1 aliphatic heterocycles. The molecule has 0 aliphatic carbocycles. The molecular formula is C9H19N3O. The van der Waals surface area contributed by atoms with Gasteiger partial charge in [0.2, 0.25) is 5.91 Å². The molecule has 0 saturated carbocycles. The third-order valence-electron chi connectivity index (χ3n) is 2.57. The number of likely N-dealkylation sites (tertiary alicyclic amines) is 1. The Bertz CT molecular complexity index is 166. The Kier molecular flexibility index (Phi) is 4.18. The van der Waals surface area contributed by atoms with Crippen LogP contribution < -0.4 is 11.3 Å². The van der Waals surface area contributed by atoms with Gasteiger partial charge in [0.15, 0.2) is 0 Å². The first-order chi connectivity index (χ1) is 6.24. The van der Waals surface area contributed by atoms with Crippen molar-refractivity contribution < 1.29 is 4.79 Å². The van der Waals surface area contributed by atoms with Crippen molar-refractivity contribution in [2.45, 2.75) is 26.2 Å². The fourth-order valence-corrected chi connectivity index (χ4v) is 1.75. The number of carbonyl (C=O) groups excluding carboxylic acids is 1. The van der Waals surface area contributed by atoms with E-state index in [0.717, 1.165) is 19.6 Å². The first kappa shape index (κ1) is 10.5. The van der Waals surface area contributed by atoms with Gasteiger partial charge in [-0.2, -0.15) is 0 Å². The molecule has 0 aromatic heterocycles. The number of amides is 1. The fourth-order valence-electron chi connectivity index (χ4n) is 1.75. The van der Waals surface area contributed by atoms with E-state index >= 15 is 0 Å². The summed E-state index contributed by atoms with van der Waals surface area (Å²) in [6.45, 7) is 5.00. The molecule has 1 saturated heterocycles. The maximum atomic E-state index is 11.1. The highest BCUT2D eigenvalue weighted by atomic mass is 16.2. The largest absolute Gasteiger partial charge is 0.303 e. The number of nitrogens with one attached hydrogen (secondary N) is 1. The van der Waals surface area contributed by atoms with E-state index in [4.69, 9.17) is 5.84 Å². The van der Waals surface area contributed by atoms with Crippen LogP contribution in [-0.2, 0) is 4.79 Å². The van der Waals surface area contributed by atoms with Crippen LogP contribution in [0.25, 0.3) is 0 Å². The van der Waals surface area contributed by atoms with E-state index in [1.54, 1.807) is 0 Å². The van der Waals surface area contributed by atoms with E-state index in [1.807, 2.05) is 6.92 Å². The third-order valence-corrected chi connectivity index (χ3v) is 2.57. The summed E-state index contributed by atoms with van der Waals surface area (Å²) in [5.41, 5.74) is 2.19. The van der Waals surface area contributed by atoms with Gasteiger partial charge in [-0.1, -0.05) is 13.3 Å². The zero-order valence-corrected chi connectivity index (χ0v) is 8.25. The van der Waals surface area contributed by atoms with Crippen molar-refractivity contribution in [1.29, 1.82) is 0 Å². The molecule has 13 heavy (non-hydrogen) atoms. The van der Waals surface area contributed by atoms with E-state index < -0.39 is 0 Å². The van der Waals surface area contributed by atoms with Crippen LogP contribution in [0.5, 0.6) is 0 Å². The summed E-state index contributed by atoms with van der Waals surface area (Å²) in [7, 11) is 0. The van der Waals surface area contributed by atoms with Gasteiger partial charge in [-0.3, -0.25) is 10.2 Å². The summed E-state index contributed by atoms with van der Waals surface area (Å²) in [6.07, 6.45) is 3.85. The number of piperidine rings is 1. The number of hydrogen-bond acceptors (Lipinski definition) is 3. The normalized spacial score (nSPS) is 21.1. The summed E-state index contributed by atoms with van der Waals surface area (Å²) in [5, 5.41) is 0. The Balaban J connectivity index is 2.25. The maximum Gasteiger partial charge on any atom is 0.237 e. The second-order valence-corrected chi connectivity index (χ2v) is 3.77. The molecule has 0 aromatic carbocycles. The van der Waals surface area contributed by atoms with E-state index in [-0.39, 0.29) is 11.8 Å². The van der Waals surface area contributed by atoms with Gasteiger partial charge in [0.1, 0.15) is 0 Å². The zero-order valence-electron chi connectivity index (χ0n) is 8.25. The quantitative estimate of drug-likeness (QED) is 0.372. The van der Waals surface area contributed by atoms with Crippen LogP contribution in [0.2, 0.25) is 0 Å². The third kappa shape index (κ3) is 3.32. The molecule has 3 N–H and O–H groups in total. The summed E-state index contributed by atoms with van der Waals surface area (Å²) in [5.74, 6) is 5.00. The lowest BCUT2D eigenvalue weighted by Gasteiger charge is -2.28. The number of rotatable bonds is 3. The highest BCUT2D eigenvalue weighted by Crippen LogP contribution is 2.10. The Morgan fingerprint density at radius 3 is 2.62 bits per heavy atom. The highest BCUT2D eigenvalue weighted by molar-refractivity contribution is 5.77. The van der Waals surface area contributed by atoms with Crippen molar-refractivity contribution in [1.82, 2.24) is 10.3 Å². The van der Waals surface area contributed by atoms with Gasteiger partial charge in [-0.25, -0.2) is 5.84 Å². The van der Waals surface area contributed by atoms with Crippen molar-refractivity contribution in [3.63, 3.8) is 0 Å². The van der Waals surface area contributed by atoms with Gasteiger partial charge in [0.25, 0.3) is 0 Å². The van der Waals surface area contributed by atoms with Crippen LogP contribution in [0.1, 0.15) is 26.2 Å². The van der Waals surface area contributed by atoms with Crippen LogP contribution in [0.4, 0.5) is 0 Å². The predicted molar refractivity (Wildman–Crippen MR) is 51.8 cm³/mol. The molecule has 1 rings (SSSR count). The standard InChI is InChI=1S/C9H19N3O/c1-8(9(13)11-10)7-12-5-3-2-4-6-12/h8H,2-7,10H2,1H3,(H,11,13)/t8-/m0/s1. The topological polar surface area (TPSA) is 58.4 Å². The van der Waals surface area contributed by atoms with Gasteiger partial charge in [0, 0.05) is 12.5 Å². The van der Waals surface area contributed by atoms with Crippen LogP contribution >= 0.6 is 0 Å². The molecule has 1 heterocycles. The molecule has 0 unspecified atom stereocenters. The monoisotopic (exact) mass is 185 g/mol. The molecule has 0 bridgehead atoms. The molecule has 1 atom stereocenters.